The predicted molar refractivity (Wildman–Crippen MR) is 94.3 cm³/mol. The molecular weight excluding hydrogens is 376 g/mol. The van der Waals surface area contributed by atoms with Crippen LogP contribution in [0.3, 0.4) is 0 Å². The number of alkyl halides is 3. The molecule has 4 rings (SSSR count). The lowest BCUT2D eigenvalue weighted by Gasteiger charge is -2.18. The van der Waals surface area contributed by atoms with Gasteiger partial charge in [-0.25, -0.2) is 4.39 Å². The molecule has 1 saturated carbocycles. The summed E-state index contributed by atoms with van der Waals surface area (Å²) in [6.07, 6.45) is -3.52. The van der Waals surface area contributed by atoms with E-state index in [0.717, 1.165) is 12.1 Å². The molecular formula is C20H16F4N2O2. The second kappa shape index (κ2) is 6.61. The zero-order valence-corrected chi connectivity index (χ0v) is 14.6. The SMILES string of the molecule is O=C1CCc2cc(NC(=O)[C@H]3C[C@@H]3c3ccccc3C(F)(F)F)c(F)cc2N1. The molecule has 4 nitrogen and oxygen atoms in total. The molecule has 2 aromatic rings. The Morgan fingerprint density at radius 3 is 2.64 bits per heavy atom. The van der Waals surface area contributed by atoms with E-state index < -0.39 is 35.3 Å². The zero-order chi connectivity index (χ0) is 20.1. The fourth-order valence-corrected chi connectivity index (χ4v) is 3.63. The monoisotopic (exact) mass is 392 g/mol. The van der Waals surface area contributed by atoms with Crippen LogP contribution in [0.2, 0.25) is 0 Å². The minimum atomic E-state index is -4.49. The fourth-order valence-electron chi connectivity index (χ4n) is 3.63. The van der Waals surface area contributed by atoms with Crippen molar-refractivity contribution in [2.45, 2.75) is 31.4 Å². The lowest BCUT2D eigenvalue weighted by Crippen LogP contribution is -2.21. The third kappa shape index (κ3) is 3.46. The van der Waals surface area contributed by atoms with Crippen molar-refractivity contribution in [2.24, 2.45) is 5.92 Å². The summed E-state index contributed by atoms with van der Waals surface area (Å²) in [5.41, 5.74) is 0.380. The summed E-state index contributed by atoms with van der Waals surface area (Å²) in [4.78, 5) is 23.8. The number of anilines is 2. The fraction of sp³-hybridized carbons (Fsp3) is 0.300. The van der Waals surface area contributed by atoms with Crippen molar-refractivity contribution in [1.82, 2.24) is 0 Å². The first kappa shape index (κ1) is 18.5. The molecule has 0 aromatic heterocycles. The summed E-state index contributed by atoms with van der Waals surface area (Å²) < 4.78 is 53.8. The van der Waals surface area contributed by atoms with Crippen molar-refractivity contribution in [3.05, 3.63) is 58.9 Å². The maximum Gasteiger partial charge on any atom is 0.416 e. The minimum absolute atomic E-state index is 0.0327. The second-order valence-corrected chi connectivity index (χ2v) is 7.06. The quantitative estimate of drug-likeness (QED) is 0.758. The van der Waals surface area contributed by atoms with Crippen molar-refractivity contribution >= 4 is 23.2 Å². The molecule has 2 atom stereocenters. The normalized spacial score (nSPS) is 20.9. The predicted octanol–water partition coefficient (Wildman–Crippen LogP) is 4.47. The van der Waals surface area contributed by atoms with Gasteiger partial charge in [-0.1, -0.05) is 18.2 Å². The van der Waals surface area contributed by atoms with E-state index in [9.17, 15) is 27.2 Å². The number of hydrogen-bond acceptors (Lipinski definition) is 2. The van der Waals surface area contributed by atoms with Crippen molar-refractivity contribution in [3.8, 4) is 0 Å². The molecule has 8 heteroatoms. The van der Waals surface area contributed by atoms with Gasteiger partial charge in [-0.2, -0.15) is 13.2 Å². The molecule has 0 saturated heterocycles. The minimum Gasteiger partial charge on any atom is -0.326 e. The number of amides is 2. The molecule has 1 heterocycles. The Hall–Kier alpha value is -2.90. The largest absolute Gasteiger partial charge is 0.416 e. The molecule has 0 bridgehead atoms. The third-order valence-electron chi connectivity index (χ3n) is 5.14. The molecule has 28 heavy (non-hydrogen) atoms. The van der Waals surface area contributed by atoms with Gasteiger partial charge in [0.1, 0.15) is 5.82 Å². The smallest absolute Gasteiger partial charge is 0.326 e. The molecule has 2 aromatic carbocycles. The van der Waals surface area contributed by atoms with Gasteiger partial charge >= 0.3 is 6.18 Å². The molecule has 0 spiro atoms. The first-order chi connectivity index (χ1) is 13.2. The standard InChI is InChI=1S/C20H16F4N2O2/c21-15-9-16-10(5-6-18(27)25-16)7-17(15)26-19(28)13-8-12(13)11-3-1-2-4-14(11)20(22,23)24/h1-4,7,9,12-13H,5-6,8H2,(H,25,27)(H,26,28)/t12-,13+/m1/s1. The van der Waals surface area contributed by atoms with Gasteiger partial charge < -0.3 is 10.6 Å². The number of fused-ring (bicyclic) bond motifs is 1. The summed E-state index contributed by atoms with van der Waals surface area (Å²) in [6.45, 7) is 0. The van der Waals surface area contributed by atoms with Crippen molar-refractivity contribution in [1.29, 1.82) is 0 Å². The Morgan fingerprint density at radius 1 is 1.14 bits per heavy atom. The highest BCUT2D eigenvalue weighted by Crippen LogP contribution is 2.51. The van der Waals surface area contributed by atoms with Crippen LogP contribution in [0, 0.1) is 11.7 Å². The van der Waals surface area contributed by atoms with Gasteiger partial charge in [0.05, 0.1) is 11.3 Å². The second-order valence-electron chi connectivity index (χ2n) is 7.06. The van der Waals surface area contributed by atoms with Crippen LogP contribution in [0.15, 0.2) is 36.4 Å². The van der Waals surface area contributed by atoms with Crippen LogP contribution in [-0.4, -0.2) is 11.8 Å². The van der Waals surface area contributed by atoms with Crippen molar-refractivity contribution in [3.63, 3.8) is 0 Å². The first-order valence-electron chi connectivity index (χ1n) is 8.83. The Morgan fingerprint density at radius 2 is 1.89 bits per heavy atom. The van der Waals surface area contributed by atoms with E-state index in [1.54, 1.807) is 0 Å². The van der Waals surface area contributed by atoms with Gasteiger partial charge in [0.25, 0.3) is 0 Å². The average Bonchev–Trinajstić information content (AvgIpc) is 3.42. The number of benzene rings is 2. The van der Waals surface area contributed by atoms with Crippen LogP contribution in [0.5, 0.6) is 0 Å². The maximum atomic E-state index is 14.3. The number of carbonyl (C=O) groups is 2. The number of rotatable bonds is 3. The summed E-state index contributed by atoms with van der Waals surface area (Å²) in [5, 5.41) is 5.05. The van der Waals surface area contributed by atoms with Gasteiger partial charge in [-0.3, -0.25) is 9.59 Å². The van der Waals surface area contributed by atoms with Crippen LogP contribution in [-0.2, 0) is 22.2 Å². The van der Waals surface area contributed by atoms with Crippen LogP contribution in [0.4, 0.5) is 28.9 Å². The highest BCUT2D eigenvalue weighted by molar-refractivity contribution is 5.97. The molecule has 0 unspecified atom stereocenters. The summed E-state index contributed by atoms with van der Waals surface area (Å²) >= 11 is 0. The Labute approximate surface area is 157 Å². The van der Waals surface area contributed by atoms with E-state index in [2.05, 4.69) is 10.6 Å². The van der Waals surface area contributed by atoms with E-state index in [4.69, 9.17) is 0 Å². The maximum absolute atomic E-state index is 14.3. The Balaban J connectivity index is 1.51. The summed E-state index contributed by atoms with van der Waals surface area (Å²) in [6, 6.07) is 7.80. The average molecular weight is 392 g/mol. The van der Waals surface area contributed by atoms with E-state index >= 15 is 0 Å². The lowest BCUT2D eigenvalue weighted by molar-refractivity contribution is -0.138. The first-order valence-corrected chi connectivity index (χ1v) is 8.83. The van der Waals surface area contributed by atoms with Crippen molar-refractivity contribution < 1.29 is 27.2 Å². The molecule has 1 aliphatic heterocycles. The molecule has 146 valence electrons. The van der Waals surface area contributed by atoms with E-state index in [1.165, 1.54) is 24.3 Å². The van der Waals surface area contributed by atoms with Crippen LogP contribution < -0.4 is 10.6 Å². The molecule has 0 radical (unpaired) electrons. The Kier molecular flexibility index (Phi) is 4.36. The number of carbonyl (C=O) groups excluding carboxylic acids is 2. The zero-order valence-electron chi connectivity index (χ0n) is 14.6. The highest BCUT2D eigenvalue weighted by Gasteiger charge is 2.48. The third-order valence-corrected chi connectivity index (χ3v) is 5.14. The van der Waals surface area contributed by atoms with E-state index in [0.29, 0.717) is 17.7 Å². The summed E-state index contributed by atoms with van der Waals surface area (Å²) in [5.74, 6) is -2.60. The van der Waals surface area contributed by atoms with Crippen LogP contribution in [0.25, 0.3) is 0 Å². The molecule has 1 fully saturated rings. The molecule has 2 amide bonds. The number of aryl methyl sites for hydroxylation is 1. The number of halogens is 4. The molecule has 2 aliphatic rings. The van der Waals surface area contributed by atoms with Gasteiger partial charge in [-0.15, -0.1) is 0 Å². The van der Waals surface area contributed by atoms with E-state index in [-0.39, 0.29) is 30.0 Å². The van der Waals surface area contributed by atoms with Gasteiger partial charge in [0.15, 0.2) is 0 Å². The highest BCUT2D eigenvalue weighted by atomic mass is 19.4. The van der Waals surface area contributed by atoms with Crippen LogP contribution in [0.1, 0.15) is 35.4 Å². The van der Waals surface area contributed by atoms with Crippen LogP contribution >= 0.6 is 0 Å². The topological polar surface area (TPSA) is 58.2 Å². The van der Waals surface area contributed by atoms with Gasteiger partial charge in [0, 0.05) is 18.0 Å². The number of hydrogen-bond donors (Lipinski definition) is 2. The Bertz CT molecular complexity index is 971. The van der Waals surface area contributed by atoms with Crippen molar-refractivity contribution in [2.75, 3.05) is 10.6 Å². The summed E-state index contributed by atoms with van der Waals surface area (Å²) in [7, 11) is 0. The lowest BCUT2D eigenvalue weighted by atomic mass is 10.0. The van der Waals surface area contributed by atoms with Gasteiger partial charge in [-0.05, 0) is 48.1 Å². The van der Waals surface area contributed by atoms with E-state index in [1.807, 2.05) is 0 Å². The van der Waals surface area contributed by atoms with Gasteiger partial charge in [0.2, 0.25) is 11.8 Å². The molecule has 1 aliphatic carbocycles. The number of nitrogens with one attached hydrogen (secondary N) is 2. The molecule has 2 N–H and O–H groups in total.